The normalized spacial score (nSPS) is 15.4. The molecule has 2 aromatic heterocycles. The smallest absolute Gasteiger partial charge is 0.234 e. The van der Waals surface area contributed by atoms with E-state index in [4.69, 9.17) is 0 Å². The summed E-state index contributed by atoms with van der Waals surface area (Å²) in [6, 6.07) is 5.50. The van der Waals surface area contributed by atoms with E-state index < -0.39 is 0 Å². The lowest BCUT2D eigenvalue weighted by molar-refractivity contribution is -0.116. The summed E-state index contributed by atoms with van der Waals surface area (Å²) in [6.07, 6.45) is 3.78. The van der Waals surface area contributed by atoms with Crippen molar-refractivity contribution in [3.63, 3.8) is 0 Å². The van der Waals surface area contributed by atoms with Gasteiger partial charge in [-0.25, -0.2) is 9.97 Å². The molecule has 0 bridgehead atoms. The van der Waals surface area contributed by atoms with Crippen LogP contribution in [0.15, 0.2) is 23.2 Å². The van der Waals surface area contributed by atoms with Gasteiger partial charge in [-0.15, -0.1) is 11.3 Å². The van der Waals surface area contributed by atoms with E-state index in [-0.39, 0.29) is 17.6 Å². The third kappa shape index (κ3) is 4.96. The SMILES string of the molecule is CCC(=O)Nc1ccc(NC(=O)CSc2nc(C)nc3sc4c(c23)CCC(C)C4)cc1C. The van der Waals surface area contributed by atoms with Gasteiger partial charge in [0.15, 0.2) is 0 Å². The van der Waals surface area contributed by atoms with Gasteiger partial charge >= 0.3 is 0 Å². The molecule has 0 radical (unpaired) electrons. The van der Waals surface area contributed by atoms with Crippen molar-refractivity contribution < 1.29 is 9.59 Å². The molecule has 1 aliphatic rings. The zero-order valence-electron chi connectivity index (χ0n) is 18.9. The lowest BCUT2D eigenvalue weighted by Gasteiger charge is -2.18. The van der Waals surface area contributed by atoms with Crippen molar-refractivity contribution in [2.24, 2.45) is 5.92 Å². The van der Waals surface area contributed by atoms with Crippen LogP contribution < -0.4 is 10.6 Å². The first-order valence-electron chi connectivity index (χ1n) is 11.0. The Morgan fingerprint density at radius 3 is 2.75 bits per heavy atom. The second-order valence-electron chi connectivity index (χ2n) is 8.38. The highest BCUT2D eigenvalue weighted by molar-refractivity contribution is 8.00. The number of hydrogen-bond donors (Lipinski definition) is 2. The monoisotopic (exact) mass is 468 g/mol. The lowest BCUT2D eigenvalue weighted by atomic mass is 9.89. The van der Waals surface area contributed by atoms with Crippen LogP contribution in [0.3, 0.4) is 0 Å². The Kier molecular flexibility index (Phi) is 6.81. The molecule has 1 aromatic carbocycles. The molecule has 1 unspecified atom stereocenters. The van der Waals surface area contributed by atoms with Gasteiger partial charge in [-0.2, -0.15) is 0 Å². The van der Waals surface area contributed by atoms with E-state index in [1.165, 1.54) is 28.6 Å². The molecule has 3 aromatic rings. The highest BCUT2D eigenvalue weighted by Crippen LogP contribution is 2.40. The highest BCUT2D eigenvalue weighted by atomic mass is 32.2. The number of carbonyl (C=O) groups excluding carboxylic acids is 2. The Balaban J connectivity index is 1.46. The van der Waals surface area contributed by atoms with E-state index in [9.17, 15) is 9.59 Å². The van der Waals surface area contributed by atoms with E-state index >= 15 is 0 Å². The molecular weight excluding hydrogens is 440 g/mol. The molecule has 1 aliphatic carbocycles. The van der Waals surface area contributed by atoms with Gasteiger partial charge in [0.1, 0.15) is 15.7 Å². The predicted octanol–water partition coefficient (Wildman–Crippen LogP) is 5.51. The summed E-state index contributed by atoms with van der Waals surface area (Å²) >= 11 is 3.26. The van der Waals surface area contributed by atoms with Gasteiger partial charge in [0.05, 0.1) is 5.75 Å². The summed E-state index contributed by atoms with van der Waals surface area (Å²) in [7, 11) is 0. The molecular formula is C24H28N4O2S2. The number of carbonyl (C=O) groups is 2. The first kappa shape index (κ1) is 22.7. The van der Waals surface area contributed by atoms with Gasteiger partial charge < -0.3 is 10.6 Å². The minimum Gasteiger partial charge on any atom is -0.326 e. The molecule has 2 N–H and O–H groups in total. The number of nitrogens with zero attached hydrogens (tertiary/aromatic N) is 2. The largest absolute Gasteiger partial charge is 0.326 e. The van der Waals surface area contributed by atoms with Crippen molar-refractivity contribution in [1.29, 1.82) is 0 Å². The van der Waals surface area contributed by atoms with Crippen LogP contribution in [-0.2, 0) is 22.4 Å². The van der Waals surface area contributed by atoms with Crippen LogP contribution in [-0.4, -0.2) is 27.5 Å². The number of aryl methyl sites for hydroxylation is 3. The number of benzene rings is 1. The Bertz CT molecular complexity index is 1190. The second kappa shape index (κ2) is 9.58. The summed E-state index contributed by atoms with van der Waals surface area (Å²) < 4.78 is 0. The van der Waals surface area contributed by atoms with E-state index in [1.54, 1.807) is 11.3 Å². The molecule has 0 aliphatic heterocycles. The maximum Gasteiger partial charge on any atom is 0.234 e. The molecule has 168 valence electrons. The molecule has 0 saturated heterocycles. The fourth-order valence-electron chi connectivity index (χ4n) is 3.97. The van der Waals surface area contributed by atoms with Crippen LogP contribution in [0.1, 0.15) is 48.5 Å². The Hall–Kier alpha value is -2.45. The second-order valence-corrected chi connectivity index (χ2v) is 10.4. The zero-order chi connectivity index (χ0) is 22.8. The summed E-state index contributed by atoms with van der Waals surface area (Å²) in [5, 5.41) is 7.88. The summed E-state index contributed by atoms with van der Waals surface area (Å²) in [5.41, 5.74) is 3.77. The average Bonchev–Trinajstić information content (AvgIpc) is 3.10. The minimum absolute atomic E-state index is 0.0298. The topological polar surface area (TPSA) is 84.0 Å². The molecule has 4 rings (SSSR count). The van der Waals surface area contributed by atoms with E-state index in [0.29, 0.717) is 18.0 Å². The molecule has 0 saturated carbocycles. The fourth-order valence-corrected chi connectivity index (χ4v) is 6.36. The Labute approximate surface area is 196 Å². The van der Waals surface area contributed by atoms with Crippen molar-refractivity contribution in [3.8, 4) is 0 Å². The van der Waals surface area contributed by atoms with Crippen molar-refractivity contribution in [3.05, 3.63) is 40.0 Å². The molecule has 2 amide bonds. The summed E-state index contributed by atoms with van der Waals surface area (Å²) in [4.78, 5) is 36.1. The number of amides is 2. The number of aromatic nitrogens is 2. The van der Waals surface area contributed by atoms with Gasteiger partial charge in [-0.1, -0.05) is 25.6 Å². The number of nitrogens with one attached hydrogen (secondary N) is 2. The number of fused-ring (bicyclic) bond motifs is 3. The van der Waals surface area contributed by atoms with Gasteiger partial charge in [-0.3, -0.25) is 9.59 Å². The molecule has 2 heterocycles. The van der Waals surface area contributed by atoms with Gasteiger partial charge in [0, 0.05) is 28.1 Å². The number of thioether (sulfide) groups is 1. The minimum atomic E-state index is -0.0816. The lowest BCUT2D eigenvalue weighted by Crippen LogP contribution is -2.15. The molecule has 0 fully saturated rings. The standard InChI is InChI=1S/C24H28N4O2S2/c1-5-20(29)28-18-9-7-16(11-14(18)3)27-21(30)12-31-23-22-17-8-6-13(2)10-19(17)32-24(22)26-15(4)25-23/h7,9,11,13H,5-6,8,10,12H2,1-4H3,(H,27,30)(H,28,29). The third-order valence-electron chi connectivity index (χ3n) is 5.68. The van der Waals surface area contributed by atoms with Crippen LogP contribution in [0.2, 0.25) is 0 Å². The Morgan fingerprint density at radius 1 is 1.19 bits per heavy atom. The zero-order valence-corrected chi connectivity index (χ0v) is 20.5. The van der Waals surface area contributed by atoms with E-state index in [0.717, 1.165) is 45.2 Å². The van der Waals surface area contributed by atoms with Crippen LogP contribution in [0, 0.1) is 19.8 Å². The van der Waals surface area contributed by atoms with Crippen LogP contribution in [0.4, 0.5) is 11.4 Å². The number of anilines is 2. The maximum atomic E-state index is 12.7. The number of hydrogen-bond acceptors (Lipinski definition) is 6. The third-order valence-corrected chi connectivity index (χ3v) is 7.80. The van der Waals surface area contributed by atoms with Crippen LogP contribution in [0.25, 0.3) is 10.2 Å². The van der Waals surface area contributed by atoms with Gasteiger partial charge in [0.2, 0.25) is 11.8 Å². The van der Waals surface area contributed by atoms with Gasteiger partial charge in [-0.05, 0) is 68.4 Å². The molecule has 0 spiro atoms. The van der Waals surface area contributed by atoms with Crippen LogP contribution in [0.5, 0.6) is 0 Å². The molecule has 1 atom stereocenters. The van der Waals surface area contributed by atoms with Crippen molar-refractivity contribution >= 4 is 56.5 Å². The summed E-state index contributed by atoms with van der Waals surface area (Å²) in [6.45, 7) is 7.94. The highest BCUT2D eigenvalue weighted by Gasteiger charge is 2.24. The first-order valence-corrected chi connectivity index (χ1v) is 12.8. The van der Waals surface area contributed by atoms with E-state index in [2.05, 4.69) is 27.5 Å². The van der Waals surface area contributed by atoms with Crippen molar-refractivity contribution in [2.45, 2.75) is 58.4 Å². The van der Waals surface area contributed by atoms with Crippen LogP contribution >= 0.6 is 23.1 Å². The number of rotatable bonds is 6. The molecule has 6 nitrogen and oxygen atoms in total. The molecule has 32 heavy (non-hydrogen) atoms. The predicted molar refractivity (Wildman–Crippen MR) is 133 cm³/mol. The Morgan fingerprint density at radius 2 is 2.00 bits per heavy atom. The average molecular weight is 469 g/mol. The summed E-state index contributed by atoms with van der Waals surface area (Å²) in [5.74, 6) is 1.61. The first-order chi connectivity index (χ1) is 15.3. The molecule has 8 heteroatoms. The quantitative estimate of drug-likeness (QED) is 0.368. The number of thiophene rings is 1. The van der Waals surface area contributed by atoms with Crippen molar-refractivity contribution in [1.82, 2.24) is 9.97 Å². The van der Waals surface area contributed by atoms with E-state index in [1.807, 2.05) is 39.0 Å². The van der Waals surface area contributed by atoms with Crippen molar-refractivity contribution in [2.75, 3.05) is 16.4 Å². The van der Waals surface area contributed by atoms with Gasteiger partial charge in [0.25, 0.3) is 0 Å². The fraction of sp³-hybridized carbons (Fsp3) is 0.417. The maximum absolute atomic E-state index is 12.7.